The summed E-state index contributed by atoms with van der Waals surface area (Å²) in [6, 6.07) is 6.45. The molecular formula is C32H38O15. The van der Waals surface area contributed by atoms with Crippen LogP contribution in [0.5, 0.6) is 23.0 Å². The predicted octanol–water partition coefficient (Wildman–Crippen LogP) is 0.116. The molecule has 5 rings (SSSR count). The van der Waals surface area contributed by atoms with Crippen molar-refractivity contribution in [3.05, 3.63) is 57.8 Å². The van der Waals surface area contributed by atoms with E-state index in [0.29, 0.717) is 0 Å². The minimum Gasteiger partial charge on any atom is -0.508 e. The molecule has 0 bridgehead atoms. The molecule has 0 saturated carbocycles. The van der Waals surface area contributed by atoms with Crippen molar-refractivity contribution in [2.45, 2.75) is 88.6 Å². The van der Waals surface area contributed by atoms with Gasteiger partial charge in [0.25, 0.3) is 0 Å². The highest BCUT2D eigenvalue weighted by atomic mass is 16.8. The minimum atomic E-state index is -1.89. The van der Waals surface area contributed by atoms with Gasteiger partial charge in [0, 0.05) is 17.2 Å². The highest BCUT2D eigenvalue weighted by Crippen LogP contribution is 2.40. The zero-order chi connectivity index (χ0) is 34.3. The second-order valence-corrected chi connectivity index (χ2v) is 11.8. The number of benzene rings is 2. The van der Waals surface area contributed by atoms with Gasteiger partial charge in [-0.1, -0.05) is 11.6 Å². The lowest BCUT2D eigenvalue weighted by molar-refractivity contribution is -0.355. The van der Waals surface area contributed by atoms with Crippen molar-refractivity contribution in [3.63, 3.8) is 0 Å². The lowest BCUT2D eigenvalue weighted by atomic mass is 9.97. The quantitative estimate of drug-likeness (QED) is 0.145. The maximum atomic E-state index is 14.2. The van der Waals surface area contributed by atoms with Crippen LogP contribution in [-0.2, 0) is 20.6 Å². The summed E-state index contributed by atoms with van der Waals surface area (Å²) >= 11 is 0. The molecular weight excluding hydrogens is 624 g/mol. The Hall–Kier alpha value is -3.77. The molecule has 2 saturated heterocycles. The molecule has 0 amide bonds. The molecule has 15 nitrogen and oxygen atoms in total. The number of aliphatic hydroxyl groups is 6. The van der Waals surface area contributed by atoms with Gasteiger partial charge in [0.05, 0.1) is 12.7 Å². The predicted molar refractivity (Wildman–Crippen MR) is 162 cm³/mol. The summed E-state index contributed by atoms with van der Waals surface area (Å²) in [5.41, 5.74) is 0.231. The largest absolute Gasteiger partial charge is 0.508 e. The number of hydrogen-bond acceptors (Lipinski definition) is 15. The zero-order valence-electron chi connectivity index (χ0n) is 25.6. The van der Waals surface area contributed by atoms with Crippen molar-refractivity contribution in [1.29, 1.82) is 0 Å². The first-order valence-electron chi connectivity index (χ1n) is 14.8. The normalized spacial score (nSPS) is 31.1. The van der Waals surface area contributed by atoms with Crippen molar-refractivity contribution in [2.24, 2.45) is 0 Å². The van der Waals surface area contributed by atoms with E-state index in [-0.39, 0.29) is 45.8 Å². The lowest BCUT2D eigenvalue weighted by Crippen LogP contribution is -2.64. The van der Waals surface area contributed by atoms with E-state index in [0.717, 1.165) is 11.6 Å². The van der Waals surface area contributed by atoms with E-state index in [2.05, 4.69) is 0 Å². The number of ether oxygens (including phenoxy) is 4. The van der Waals surface area contributed by atoms with Crippen LogP contribution < -0.4 is 10.2 Å². The van der Waals surface area contributed by atoms with E-state index in [1.165, 1.54) is 31.2 Å². The molecule has 9 N–H and O–H groups in total. The number of hydrogen-bond donors (Lipinski definition) is 9. The van der Waals surface area contributed by atoms with E-state index >= 15 is 0 Å². The first-order chi connectivity index (χ1) is 22.2. The van der Waals surface area contributed by atoms with E-state index in [4.69, 9.17) is 23.4 Å². The Kier molecular flexibility index (Phi) is 10.1. The van der Waals surface area contributed by atoms with Gasteiger partial charge in [0.2, 0.25) is 17.5 Å². The third kappa shape index (κ3) is 6.67. The van der Waals surface area contributed by atoms with Crippen LogP contribution in [0.1, 0.15) is 26.3 Å². The number of allylic oxidation sites excluding steroid dienone is 2. The Morgan fingerprint density at radius 2 is 1.55 bits per heavy atom. The molecule has 2 aromatic carbocycles. The average Bonchev–Trinajstić information content (AvgIpc) is 3.02. The molecule has 2 aliphatic rings. The highest BCUT2D eigenvalue weighted by Gasteiger charge is 2.51. The topological polar surface area (TPSA) is 249 Å². The molecule has 0 unspecified atom stereocenters. The van der Waals surface area contributed by atoms with Gasteiger partial charge >= 0.3 is 0 Å². The number of aromatic hydroxyl groups is 3. The molecule has 47 heavy (non-hydrogen) atoms. The molecule has 10 atom stereocenters. The molecule has 0 radical (unpaired) electrons. The van der Waals surface area contributed by atoms with Crippen molar-refractivity contribution < 1.29 is 69.3 Å². The third-order valence-corrected chi connectivity index (χ3v) is 8.19. The van der Waals surface area contributed by atoms with Gasteiger partial charge in [-0.05, 0) is 51.5 Å². The van der Waals surface area contributed by atoms with Gasteiger partial charge in [0.15, 0.2) is 18.2 Å². The number of fused-ring (bicyclic) bond motifs is 1. The molecule has 3 heterocycles. The van der Waals surface area contributed by atoms with Gasteiger partial charge < -0.3 is 69.3 Å². The highest BCUT2D eigenvalue weighted by molar-refractivity contribution is 5.91. The number of rotatable bonds is 8. The van der Waals surface area contributed by atoms with Crippen molar-refractivity contribution in [3.8, 4) is 34.3 Å². The van der Waals surface area contributed by atoms with Crippen LogP contribution >= 0.6 is 0 Å². The van der Waals surface area contributed by atoms with Crippen molar-refractivity contribution in [2.75, 3.05) is 6.61 Å². The summed E-state index contributed by atoms with van der Waals surface area (Å²) in [4.78, 5) is 14.2. The van der Waals surface area contributed by atoms with Crippen LogP contribution in [0.2, 0.25) is 0 Å². The van der Waals surface area contributed by atoms with Crippen LogP contribution in [-0.4, -0.2) is 114 Å². The molecule has 256 valence electrons. The summed E-state index contributed by atoms with van der Waals surface area (Å²) < 4.78 is 29.2. The summed E-state index contributed by atoms with van der Waals surface area (Å²) in [6.07, 6.45) is -14.6. The van der Waals surface area contributed by atoms with Crippen molar-refractivity contribution in [1.82, 2.24) is 0 Å². The van der Waals surface area contributed by atoms with E-state index in [9.17, 15) is 50.8 Å². The van der Waals surface area contributed by atoms with Crippen LogP contribution in [0.3, 0.4) is 0 Å². The van der Waals surface area contributed by atoms with Gasteiger partial charge in [-0.25, -0.2) is 0 Å². The van der Waals surface area contributed by atoms with Crippen LogP contribution in [0.4, 0.5) is 0 Å². The van der Waals surface area contributed by atoms with E-state index in [1.807, 2.05) is 13.8 Å². The standard InChI is InChI=1S/C32H38O15/c1-12(2)4-9-16-17(35)10-18(36)20-23(39)29(27(45-28(16)20)14-5-7-15(34)8-6-14)46-32-30(25(41)21(37)13(3)43-32)47-31-26(42)24(40)22(38)19(11-33)44-31/h4-8,10,13,19,21-22,24-26,30-38,40-42H,9,11H2,1-3H3/t13-,19+,21-,22+,24-,25+,26+,30+,31-,32-/m0/s1. The number of phenols is 3. The maximum absolute atomic E-state index is 14.2. The van der Waals surface area contributed by atoms with E-state index in [1.54, 1.807) is 6.08 Å². The third-order valence-electron chi connectivity index (χ3n) is 8.19. The Bertz CT molecular complexity index is 1660. The second-order valence-electron chi connectivity index (χ2n) is 11.8. The molecule has 1 aromatic heterocycles. The average molecular weight is 663 g/mol. The van der Waals surface area contributed by atoms with Gasteiger partial charge in [-0.2, -0.15) is 0 Å². The lowest BCUT2D eigenvalue weighted by Gasteiger charge is -2.45. The fraction of sp³-hybridized carbons (Fsp3) is 0.469. The summed E-state index contributed by atoms with van der Waals surface area (Å²) in [7, 11) is 0. The zero-order valence-corrected chi connectivity index (χ0v) is 25.6. The first-order valence-corrected chi connectivity index (χ1v) is 14.8. The smallest absolute Gasteiger partial charge is 0.239 e. The van der Waals surface area contributed by atoms with Gasteiger partial charge in [-0.15, -0.1) is 0 Å². The van der Waals surface area contributed by atoms with E-state index < -0.39 is 84.9 Å². The molecule has 2 fully saturated rings. The van der Waals surface area contributed by atoms with Crippen LogP contribution in [0.25, 0.3) is 22.3 Å². The SMILES string of the molecule is CC(C)=CCc1c(O)cc(O)c2c(=O)c(O[C@@H]3O[C@@H](C)[C@H](O)[C@@H](O)[C@H]3O[C@@H]3O[C@H](CO)[C@@H](O)[C@H](O)[C@H]3O)c(-c3ccc(O)cc3)oc12. The number of aliphatic hydroxyl groups excluding tert-OH is 6. The van der Waals surface area contributed by atoms with Crippen LogP contribution in [0.15, 0.2) is 51.2 Å². The maximum Gasteiger partial charge on any atom is 0.239 e. The summed E-state index contributed by atoms with van der Waals surface area (Å²) in [5, 5.41) is 93.3. The Balaban J connectivity index is 1.64. The fourth-order valence-corrected chi connectivity index (χ4v) is 5.48. The second kappa shape index (κ2) is 13.8. The number of phenolic OH excluding ortho intramolecular Hbond substituents is 3. The van der Waals surface area contributed by atoms with Crippen LogP contribution in [0, 0.1) is 0 Å². The summed E-state index contributed by atoms with van der Waals surface area (Å²) in [6.45, 7) is 4.31. The fourth-order valence-electron chi connectivity index (χ4n) is 5.48. The Morgan fingerprint density at radius 3 is 2.19 bits per heavy atom. The molecule has 3 aromatic rings. The van der Waals surface area contributed by atoms with Gasteiger partial charge in [0.1, 0.15) is 64.8 Å². The molecule has 15 heteroatoms. The molecule has 0 aliphatic carbocycles. The Morgan fingerprint density at radius 1 is 0.872 bits per heavy atom. The van der Waals surface area contributed by atoms with Crippen molar-refractivity contribution >= 4 is 11.0 Å². The molecule has 0 spiro atoms. The monoisotopic (exact) mass is 662 g/mol. The summed E-state index contributed by atoms with van der Waals surface area (Å²) in [5.74, 6) is -1.85. The minimum absolute atomic E-state index is 0.103. The first kappa shape index (κ1) is 34.6. The van der Waals surface area contributed by atoms with Gasteiger partial charge in [-0.3, -0.25) is 4.79 Å². The Labute approximate surface area is 267 Å². The molecule has 2 aliphatic heterocycles.